The molecule has 2 heterocycles. The van der Waals surface area contributed by atoms with Crippen molar-refractivity contribution in [2.45, 2.75) is 18.5 Å². The van der Waals surface area contributed by atoms with Crippen molar-refractivity contribution in [1.29, 1.82) is 0 Å². The van der Waals surface area contributed by atoms with Gasteiger partial charge in [0.15, 0.2) is 0 Å². The highest BCUT2D eigenvalue weighted by atomic mass is 35.5. The van der Waals surface area contributed by atoms with E-state index in [9.17, 15) is 0 Å². The van der Waals surface area contributed by atoms with E-state index in [1.54, 1.807) is 29.8 Å². The molecule has 0 aliphatic carbocycles. The maximum atomic E-state index is 9.17. The Kier molecular flexibility index (Phi) is 6.48. The molecule has 0 aliphatic heterocycles. The van der Waals surface area contributed by atoms with Crippen LogP contribution in [-0.2, 0) is 4.74 Å². The Morgan fingerprint density at radius 1 is 1.35 bits per heavy atom. The molecule has 6 heteroatoms. The van der Waals surface area contributed by atoms with Crippen molar-refractivity contribution in [2.24, 2.45) is 0 Å². The predicted molar refractivity (Wildman–Crippen MR) is 86.0 cm³/mol. The van der Waals surface area contributed by atoms with Crippen LogP contribution in [0.15, 0.2) is 29.6 Å². The summed E-state index contributed by atoms with van der Waals surface area (Å²) in [6.07, 6.45) is 0.662. The minimum atomic E-state index is 0.0965. The number of halogens is 1. The summed E-state index contributed by atoms with van der Waals surface area (Å²) in [5.41, 5.74) is 0. The summed E-state index contributed by atoms with van der Waals surface area (Å²) < 4.78 is 6.01. The number of rotatable bonds is 8. The Morgan fingerprint density at radius 2 is 2.20 bits per heavy atom. The van der Waals surface area contributed by atoms with Crippen LogP contribution in [0.25, 0.3) is 0 Å². The zero-order chi connectivity index (χ0) is 14.4. The van der Waals surface area contributed by atoms with Crippen molar-refractivity contribution in [3.05, 3.63) is 43.7 Å². The van der Waals surface area contributed by atoms with Crippen LogP contribution in [0.1, 0.15) is 22.2 Å². The zero-order valence-electron chi connectivity index (χ0n) is 11.2. The number of ether oxygens (including phenoxy) is 1. The second-order valence-electron chi connectivity index (χ2n) is 4.42. The average molecular weight is 332 g/mol. The highest BCUT2D eigenvalue weighted by Crippen LogP contribution is 2.33. The molecule has 0 fully saturated rings. The minimum absolute atomic E-state index is 0.0965. The molecular formula is C14H18ClNO2S2. The topological polar surface area (TPSA) is 41.5 Å². The summed E-state index contributed by atoms with van der Waals surface area (Å²) in [5.74, 6) is 0. The smallest absolute Gasteiger partial charge is 0.0931 e. The van der Waals surface area contributed by atoms with Gasteiger partial charge in [-0.25, -0.2) is 0 Å². The quantitative estimate of drug-likeness (QED) is 0.777. The van der Waals surface area contributed by atoms with E-state index in [1.165, 1.54) is 9.75 Å². The van der Waals surface area contributed by atoms with Gasteiger partial charge in [-0.1, -0.05) is 17.7 Å². The van der Waals surface area contributed by atoms with Crippen LogP contribution in [0.5, 0.6) is 0 Å². The summed E-state index contributed by atoms with van der Waals surface area (Å²) in [4.78, 5) is 2.42. The summed E-state index contributed by atoms with van der Waals surface area (Å²) >= 11 is 9.34. The normalized spacial score (nSPS) is 14.3. The lowest BCUT2D eigenvalue weighted by Crippen LogP contribution is -2.37. The minimum Gasteiger partial charge on any atom is -0.396 e. The van der Waals surface area contributed by atoms with E-state index in [1.807, 2.05) is 18.2 Å². The first-order chi connectivity index (χ1) is 9.74. The Bertz CT molecular complexity index is 495. The molecule has 0 radical (unpaired) electrons. The van der Waals surface area contributed by atoms with Gasteiger partial charge in [0.05, 0.1) is 17.0 Å². The molecule has 2 N–H and O–H groups in total. The predicted octanol–water partition coefficient (Wildman–Crippen LogP) is 3.54. The number of methoxy groups -OCH3 is 1. The lowest BCUT2D eigenvalue weighted by atomic mass is 10.1. The highest BCUT2D eigenvalue weighted by molar-refractivity contribution is 7.16. The summed E-state index contributed by atoms with van der Waals surface area (Å²) in [6, 6.07) is 8.33. The molecule has 0 aliphatic rings. The van der Waals surface area contributed by atoms with Gasteiger partial charge in [-0.3, -0.25) is 5.32 Å². The Morgan fingerprint density at radius 3 is 2.75 bits per heavy atom. The molecule has 0 aromatic carbocycles. The molecule has 0 spiro atoms. The van der Waals surface area contributed by atoms with Crippen molar-refractivity contribution in [3.8, 4) is 0 Å². The van der Waals surface area contributed by atoms with Crippen LogP contribution in [0, 0.1) is 0 Å². The van der Waals surface area contributed by atoms with Crippen molar-refractivity contribution in [3.63, 3.8) is 0 Å². The number of aliphatic hydroxyl groups excluding tert-OH is 1. The average Bonchev–Trinajstić information content (AvgIpc) is 3.07. The van der Waals surface area contributed by atoms with Crippen LogP contribution in [0.3, 0.4) is 0 Å². The van der Waals surface area contributed by atoms with Crippen LogP contribution in [0.2, 0.25) is 4.34 Å². The van der Waals surface area contributed by atoms with E-state index in [2.05, 4.69) is 16.8 Å². The zero-order valence-corrected chi connectivity index (χ0v) is 13.6. The molecule has 20 heavy (non-hydrogen) atoms. The summed E-state index contributed by atoms with van der Waals surface area (Å²) in [7, 11) is 1.67. The maximum absolute atomic E-state index is 9.17. The van der Waals surface area contributed by atoms with Gasteiger partial charge < -0.3 is 9.84 Å². The molecular weight excluding hydrogens is 314 g/mol. The fraction of sp³-hybridized carbons (Fsp3) is 0.429. The molecule has 0 saturated heterocycles. The second-order valence-corrected chi connectivity index (χ2v) is 7.15. The SMILES string of the molecule is COCC(CCO)NC(c1cccs1)c1ccc(Cl)s1. The first kappa shape index (κ1) is 15.9. The molecule has 2 rings (SSSR count). The lowest BCUT2D eigenvalue weighted by molar-refractivity contribution is 0.145. The van der Waals surface area contributed by atoms with Gasteiger partial charge in [0.2, 0.25) is 0 Å². The largest absolute Gasteiger partial charge is 0.396 e. The molecule has 3 nitrogen and oxygen atoms in total. The van der Waals surface area contributed by atoms with E-state index in [4.69, 9.17) is 21.4 Å². The number of thiophene rings is 2. The van der Waals surface area contributed by atoms with E-state index in [0.29, 0.717) is 13.0 Å². The van der Waals surface area contributed by atoms with E-state index >= 15 is 0 Å². The van der Waals surface area contributed by atoms with Gasteiger partial charge in [-0.2, -0.15) is 0 Å². The molecule has 2 atom stereocenters. The molecule has 2 aromatic rings. The van der Waals surface area contributed by atoms with Crippen molar-refractivity contribution in [1.82, 2.24) is 5.32 Å². The number of hydrogen-bond donors (Lipinski definition) is 2. The van der Waals surface area contributed by atoms with Gasteiger partial charge in [-0.05, 0) is 30.0 Å². The van der Waals surface area contributed by atoms with E-state index < -0.39 is 0 Å². The number of nitrogens with one attached hydrogen (secondary N) is 1. The Labute approximate surface area is 132 Å². The van der Waals surface area contributed by atoms with Crippen LogP contribution < -0.4 is 5.32 Å². The standard InChI is InChI=1S/C14H18ClNO2S2/c1-18-9-10(6-7-17)16-14(11-3-2-8-19-11)12-4-5-13(15)20-12/h2-5,8,10,14,16-17H,6-7,9H2,1H3. The third kappa shape index (κ3) is 4.28. The summed E-state index contributed by atoms with van der Waals surface area (Å²) in [5, 5.41) is 14.8. The third-order valence-corrected chi connectivity index (χ3v) is 5.19. The van der Waals surface area contributed by atoms with E-state index in [-0.39, 0.29) is 18.7 Å². The van der Waals surface area contributed by atoms with Crippen molar-refractivity contribution >= 4 is 34.3 Å². The number of hydrogen-bond acceptors (Lipinski definition) is 5. The monoisotopic (exact) mass is 331 g/mol. The molecule has 0 bridgehead atoms. The van der Waals surface area contributed by atoms with Gasteiger partial charge in [0.1, 0.15) is 0 Å². The fourth-order valence-electron chi connectivity index (χ4n) is 2.05. The van der Waals surface area contributed by atoms with Crippen LogP contribution >= 0.6 is 34.3 Å². The van der Waals surface area contributed by atoms with Gasteiger partial charge in [0.25, 0.3) is 0 Å². The maximum Gasteiger partial charge on any atom is 0.0931 e. The third-order valence-electron chi connectivity index (χ3n) is 2.95. The van der Waals surface area contributed by atoms with E-state index in [0.717, 1.165) is 4.34 Å². The second kappa shape index (κ2) is 8.12. The van der Waals surface area contributed by atoms with Crippen LogP contribution in [-0.4, -0.2) is 31.5 Å². The van der Waals surface area contributed by atoms with Crippen LogP contribution in [0.4, 0.5) is 0 Å². The van der Waals surface area contributed by atoms with Gasteiger partial charge in [0, 0.05) is 29.5 Å². The van der Waals surface area contributed by atoms with Gasteiger partial charge in [-0.15, -0.1) is 22.7 Å². The first-order valence-electron chi connectivity index (χ1n) is 6.39. The molecule has 0 saturated carbocycles. The lowest BCUT2D eigenvalue weighted by Gasteiger charge is -2.23. The highest BCUT2D eigenvalue weighted by Gasteiger charge is 2.21. The Hall–Kier alpha value is -0.430. The molecule has 2 aromatic heterocycles. The van der Waals surface area contributed by atoms with Crippen molar-refractivity contribution < 1.29 is 9.84 Å². The fourth-order valence-corrected chi connectivity index (χ4v) is 4.07. The van der Waals surface area contributed by atoms with Crippen molar-refractivity contribution in [2.75, 3.05) is 20.3 Å². The number of aliphatic hydroxyl groups is 1. The first-order valence-corrected chi connectivity index (χ1v) is 8.46. The Balaban J connectivity index is 2.18. The summed E-state index contributed by atoms with van der Waals surface area (Å²) in [6.45, 7) is 0.713. The molecule has 110 valence electrons. The molecule has 0 amide bonds. The molecule has 2 unspecified atom stereocenters. The van der Waals surface area contributed by atoms with Gasteiger partial charge >= 0.3 is 0 Å².